The van der Waals surface area contributed by atoms with Gasteiger partial charge in [0.15, 0.2) is 23.0 Å². The van der Waals surface area contributed by atoms with E-state index in [0.29, 0.717) is 28.4 Å². The monoisotopic (exact) mass is 390 g/mol. The molecule has 0 saturated heterocycles. The van der Waals surface area contributed by atoms with E-state index >= 15 is 0 Å². The molecule has 0 heterocycles. The van der Waals surface area contributed by atoms with Gasteiger partial charge in [-0.2, -0.15) is 0 Å². The van der Waals surface area contributed by atoms with E-state index in [4.69, 9.17) is 23.7 Å². The van der Waals surface area contributed by atoms with E-state index in [9.17, 15) is 15.0 Å². The largest absolute Gasteiger partial charge is 0.502 e. The highest BCUT2D eigenvalue weighted by atomic mass is 16.5. The number of phenolic OH excluding ortho intramolecular Hbond substituents is 1. The highest BCUT2D eigenvalue weighted by Gasteiger charge is 2.20. The zero-order chi connectivity index (χ0) is 20.8. The van der Waals surface area contributed by atoms with Crippen LogP contribution < -0.4 is 23.7 Å². The van der Waals surface area contributed by atoms with Crippen LogP contribution in [-0.4, -0.2) is 51.7 Å². The van der Waals surface area contributed by atoms with Crippen molar-refractivity contribution in [3.05, 3.63) is 35.4 Å². The Balaban J connectivity index is 2.71. The molecule has 150 valence electrons. The topological polar surface area (TPSA) is 104 Å². The van der Waals surface area contributed by atoms with E-state index in [1.54, 1.807) is 6.07 Å². The van der Waals surface area contributed by atoms with Crippen molar-refractivity contribution in [2.24, 2.45) is 0 Å². The van der Waals surface area contributed by atoms with Crippen molar-refractivity contribution in [2.45, 2.75) is 0 Å². The van der Waals surface area contributed by atoms with Crippen LogP contribution in [0.4, 0.5) is 0 Å². The molecule has 0 aliphatic heterocycles. The number of methoxy groups -OCH3 is 5. The van der Waals surface area contributed by atoms with Crippen LogP contribution in [0.15, 0.2) is 24.3 Å². The van der Waals surface area contributed by atoms with E-state index in [-0.39, 0.29) is 22.8 Å². The highest BCUT2D eigenvalue weighted by Crippen LogP contribution is 2.42. The number of benzene rings is 2. The molecule has 2 aromatic rings. The molecule has 0 atom stereocenters. The van der Waals surface area contributed by atoms with E-state index < -0.39 is 5.97 Å². The molecule has 0 radical (unpaired) electrons. The number of aromatic hydroxyl groups is 1. The number of carbonyl (C=O) groups is 1. The molecule has 0 aromatic heterocycles. The SMILES string of the molecule is COc1ccc(/C=C(/C(=O)O)c2cc(OC)c(OC)c(OC)c2)c(OC)c1O. The lowest BCUT2D eigenvalue weighted by molar-refractivity contribution is -0.130. The first kappa shape index (κ1) is 20.8. The number of ether oxygens (including phenoxy) is 5. The Morgan fingerprint density at radius 1 is 0.821 bits per heavy atom. The van der Waals surface area contributed by atoms with Gasteiger partial charge in [-0.15, -0.1) is 0 Å². The summed E-state index contributed by atoms with van der Waals surface area (Å²) in [5, 5.41) is 20.0. The zero-order valence-corrected chi connectivity index (χ0v) is 16.2. The minimum absolute atomic E-state index is 0.0675. The van der Waals surface area contributed by atoms with E-state index in [0.717, 1.165) is 0 Å². The van der Waals surface area contributed by atoms with Crippen molar-refractivity contribution in [2.75, 3.05) is 35.5 Å². The molecule has 2 rings (SSSR count). The Morgan fingerprint density at radius 2 is 1.36 bits per heavy atom. The quantitative estimate of drug-likeness (QED) is 0.524. The Morgan fingerprint density at radius 3 is 1.79 bits per heavy atom. The van der Waals surface area contributed by atoms with Crippen LogP contribution in [0.5, 0.6) is 34.5 Å². The molecule has 0 fully saturated rings. The number of carboxylic acids is 1. The molecule has 0 spiro atoms. The van der Waals surface area contributed by atoms with Crippen LogP contribution in [0.2, 0.25) is 0 Å². The molecular formula is C20H22O8. The first-order valence-electron chi connectivity index (χ1n) is 8.11. The van der Waals surface area contributed by atoms with Gasteiger partial charge in [-0.1, -0.05) is 0 Å². The molecule has 8 heteroatoms. The summed E-state index contributed by atoms with van der Waals surface area (Å²) in [7, 11) is 7.11. The lowest BCUT2D eigenvalue weighted by Crippen LogP contribution is -2.03. The summed E-state index contributed by atoms with van der Waals surface area (Å²) >= 11 is 0. The molecule has 0 aliphatic rings. The number of hydrogen-bond acceptors (Lipinski definition) is 7. The van der Waals surface area contributed by atoms with Gasteiger partial charge in [0.05, 0.1) is 41.1 Å². The molecule has 8 nitrogen and oxygen atoms in total. The summed E-state index contributed by atoms with van der Waals surface area (Å²) in [6.45, 7) is 0. The summed E-state index contributed by atoms with van der Waals surface area (Å²) in [4.78, 5) is 12.0. The summed E-state index contributed by atoms with van der Waals surface area (Å²) in [5.41, 5.74) is 0.605. The molecule has 2 N–H and O–H groups in total. The summed E-state index contributed by atoms with van der Waals surface area (Å²) < 4.78 is 26.1. The number of aliphatic carboxylic acids is 1. The summed E-state index contributed by atoms with van der Waals surface area (Å²) in [5.74, 6) is -0.149. The third-order valence-electron chi connectivity index (χ3n) is 4.05. The fraction of sp³-hybridized carbons (Fsp3) is 0.250. The van der Waals surface area contributed by atoms with E-state index in [2.05, 4.69) is 0 Å². The maximum Gasteiger partial charge on any atom is 0.336 e. The van der Waals surface area contributed by atoms with Crippen molar-refractivity contribution in [1.29, 1.82) is 0 Å². The average molecular weight is 390 g/mol. The van der Waals surface area contributed by atoms with Crippen molar-refractivity contribution in [3.8, 4) is 34.5 Å². The Kier molecular flexibility index (Phi) is 6.59. The van der Waals surface area contributed by atoms with Gasteiger partial charge in [0.2, 0.25) is 11.5 Å². The molecule has 2 aromatic carbocycles. The van der Waals surface area contributed by atoms with Gasteiger partial charge < -0.3 is 33.9 Å². The Bertz CT molecular complexity index is 876. The van der Waals surface area contributed by atoms with Gasteiger partial charge in [-0.3, -0.25) is 0 Å². The van der Waals surface area contributed by atoms with Gasteiger partial charge in [0.25, 0.3) is 0 Å². The highest BCUT2D eigenvalue weighted by molar-refractivity contribution is 6.21. The lowest BCUT2D eigenvalue weighted by Gasteiger charge is -2.15. The van der Waals surface area contributed by atoms with Crippen molar-refractivity contribution in [3.63, 3.8) is 0 Å². The molecule has 0 saturated carbocycles. The average Bonchev–Trinajstić information content (AvgIpc) is 2.70. The minimum Gasteiger partial charge on any atom is -0.502 e. The van der Waals surface area contributed by atoms with E-state index in [1.165, 1.54) is 59.8 Å². The van der Waals surface area contributed by atoms with Crippen LogP contribution >= 0.6 is 0 Å². The van der Waals surface area contributed by atoms with Crippen LogP contribution in [0.1, 0.15) is 11.1 Å². The predicted molar refractivity (Wildman–Crippen MR) is 103 cm³/mol. The zero-order valence-electron chi connectivity index (χ0n) is 16.2. The van der Waals surface area contributed by atoms with Crippen LogP contribution in [0, 0.1) is 0 Å². The fourth-order valence-electron chi connectivity index (χ4n) is 2.72. The molecule has 0 unspecified atom stereocenters. The number of carboxylic acid groups (broad SMARTS) is 1. The van der Waals surface area contributed by atoms with E-state index in [1.807, 2.05) is 0 Å². The van der Waals surface area contributed by atoms with Gasteiger partial charge in [0, 0.05) is 5.56 Å². The van der Waals surface area contributed by atoms with Crippen LogP contribution in [-0.2, 0) is 4.79 Å². The second-order valence-electron chi connectivity index (χ2n) is 5.52. The van der Waals surface area contributed by atoms with Crippen LogP contribution in [0.25, 0.3) is 11.6 Å². The molecular weight excluding hydrogens is 368 g/mol. The minimum atomic E-state index is -1.19. The number of phenols is 1. The fourth-order valence-corrected chi connectivity index (χ4v) is 2.72. The van der Waals surface area contributed by atoms with Gasteiger partial charge in [0.1, 0.15) is 0 Å². The van der Waals surface area contributed by atoms with Crippen molar-refractivity contribution in [1.82, 2.24) is 0 Å². The second kappa shape index (κ2) is 8.90. The van der Waals surface area contributed by atoms with Gasteiger partial charge in [-0.25, -0.2) is 4.79 Å². The third kappa shape index (κ3) is 3.90. The van der Waals surface area contributed by atoms with Crippen molar-refractivity contribution < 1.29 is 38.7 Å². The molecule has 0 amide bonds. The standard InChI is InChI=1S/C20H22O8/c1-24-14-7-6-11(18(27-4)17(14)21)8-13(20(22)23)12-9-15(25-2)19(28-5)16(10-12)26-3/h6-10,21H,1-5H3,(H,22,23)/b13-8+. The molecule has 28 heavy (non-hydrogen) atoms. The third-order valence-corrected chi connectivity index (χ3v) is 4.05. The lowest BCUT2D eigenvalue weighted by atomic mass is 10.0. The van der Waals surface area contributed by atoms with Crippen molar-refractivity contribution >= 4 is 17.6 Å². The summed E-state index contributed by atoms with van der Waals surface area (Å²) in [6.07, 6.45) is 1.38. The first-order chi connectivity index (χ1) is 13.4. The maximum absolute atomic E-state index is 12.0. The maximum atomic E-state index is 12.0. The van der Waals surface area contributed by atoms with Gasteiger partial charge >= 0.3 is 5.97 Å². The second-order valence-corrected chi connectivity index (χ2v) is 5.52. The molecule has 0 aliphatic carbocycles. The number of hydrogen-bond donors (Lipinski definition) is 2. The first-order valence-corrected chi connectivity index (χ1v) is 8.11. The summed E-state index contributed by atoms with van der Waals surface area (Å²) in [6, 6.07) is 6.14. The molecule has 0 bridgehead atoms. The van der Waals surface area contributed by atoms with Crippen LogP contribution in [0.3, 0.4) is 0 Å². The predicted octanol–water partition coefficient (Wildman–Crippen LogP) is 3.06. The Hall–Kier alpha value is -3.55. The number of rotatable bonds is 8. The van der Waals surface area contributed by atoms with Gasteiger partial charge in [-0.05, 0) is 35.9 Å². The smallest absolute Gasteiger partial charge is 0.336 e. The Labute approximate surface area is 162 Å². The normalized spacial score (nSPS) is 11.0.